The van der Waals surface area contributed by atoms with Gasteiger partial charge in [0.05, 0.1) is 31.6 Å². The van der Waals surface area contributed by atoms with E-state index in [-0.39, 0.29) is 0 Å². The molecule has 2 aromatic carbocycles. The predicted molar refractivity (Wildman–Crippen MR) is 119 cm³/mol. The van der Waals surface area contributed by atoms with Crippen molar-refractivity contribution in [2.45, 2.75) is 12.1 Å². The zero-order chi connectivity index (χ0) is 21.0. The molecule has 7 nitrogen and oxygen atoms in total. The first kappa shape index (κ1) is 20.3. The molecule has 0 amide bonds. The van der Waals surface area contributed by atoms with Crippen molar-refractivity contribution in [3.63, 3.8) is 0 Å². The van der Waals surface area contributed by atoms with Gasteiger partial charge >= 0.3 is 0 Å². The average molecular weight is 421 g/mol. The van der Waals surface area contributed by atoms with E-state index in [9.17, 15) is 5.11 Å². The van der Waals surface area contributed by atoms with Gasteiger partial charge < -0.3 is 14.6 Å². The third-order valence-electron chi connectivity index (χ3n) is 6.18. The topological polar surface area (TPSA) is 71.0 Å². The maximum atomic E-state index is 10.5. The van der Waals surface area contributed by atoms with Gasteiger partial charge in [0.25, 0.3) is 0 Å². The Kier molecular flexibility index (Phi) is 6.08. The number of benzene rings is 2. The summed E-state index contributed by atoms with van der Waals surface area (Å²) < 4.78 is 11.2. The van der Waals surface area contributed by atoms with Crippen LogP contribution in [-0.2, 0) is 4.74 Å². The minimum Gasteiger partial charge on any atom is -0.491 e. The minimum atomic E-state index is -0.504. The van der Waals surface area contributed by atoms with Crippen molar-refractivity contribution in [3.8, 4) is 16.9 Å². The fourth-order valence-corrected chi connectivity index (χ4v) is 4.24. The van der Waals surface area contributed by atoms with Gasteiger partial charge in [0.2, 0.25) is 0 Å². The Morgan fingerprint density at radius 1 is 0.968 bits per heavy atom. The molecule has 162 valence electrons. The first-order valence-corrected chi connectivity index (χ1v) is 10.9. The van der Waals surface area contributed by atoms with E-state index in [0.717, 1.165) is 67.0 Å². The summed E-state index contributed by atoms with van der Waals surface area (Å²) >= 11 is 0. The van der Waals surface area contributed by atoms with Crippen LogP contribution in [0, 0.1) is 0 Å². The normalized spacial score (nSPS) is 19.3. The lowest BCUT2D eigenvalue weighted by Crippen LogP contribution is -2.57. The first-order valence-electron chi connectivity index (χ1n) is 10.9. The summed E-state index contributed by atoms with van der Waals surface area (Å²) in [5, 5.41) is 20.5. The number of aliphatic hydroxyl groups excluding tert-OH is 1. The van der Waals surface area contributed by atoms with Crippen molar-refractivity contribution < 1.29 is 14.6 Å². The van der Waals surface area contributed by atoms with Gasteiger partial charge in [-0.2, -0.15) is 10.2 Å². The van der Waals surface area contributed by atoms with Crippen LogP contribution in [0.2, 0.25) is 0 Å². The predicted octanol–water partition coefficient (Wildman–Crippen LogP) is 2.05. The molecule has 0 saturated carbocycles. The van der Waals surface area contributed by atoms with E-state index in [4.69, 9.17) is 9.47 Å². The third-order valence-corrected chi connectivity index (χ3v) is 6.18. The Morgan fingerprint density at radius 3 is 2.52 bits per heavy atom. The van der Waals surface area contributed by atoms with Gasteiger partial charge in [-0.15, -0.1) is 0 Å². The molecule has 7 heteroatoms. The summed E-state index contributed by atoms with van der Waals surface area (Å²) in [6.07, 6.45) is 2.96. The molecule has 1 unspecified atom stereocenters. The Bertz CT molecular complexity index is 1000. The van der Waals surface area contributed by atoms with Crippen molar-refractivity contribution in [1.29, 1.82) is 0 Å². The van der Waals surface area contributed by atoms with E-state index in [1.807, 2.05) is 18.2 Å². The number of aromatic nitrogens is 2. The van der Waals surface area contributed by atoms with E-state index in [0.29, 0.717) is 19.2 Å². The molecule has 2 aliphatic rings. The van der Waals surface area contributed by atoms with Crippen LogP contribution in [0.5, 0.6) is 5.75 Å². The molecule has 0 bridgehead atoms. The van der Waals surface area contributed by atoms with Gasteiger partial charge in [-0.1, -0.05) is 18.2 Å². The van der Waals surface area contributed by atoms with Gasteiger partial charge in [0, 0.05) is 38.3 Å². The molecule has 2 fully saturated rings. The van der Waals surface area contributed by atoms with Crippen LogP contribution in [0.15, 0.2) is 54.9 Å². The zero-order valence-corrected chi connectivity index (χ0v) is 17.6. The Morgan fingerprint density at radius 2 is 1.77 bits per heavy atom. The molecule has 1 N–H and O–H groups in total. The largest absolute Gasteiger partial charge is 0.491 e. The highest BCUT2D eigenvalue weighted by atomic mass is 16.5. The lowest BCUT2D eigenvalue weighted by Gasteiger charge is -2.42. The van der Waals surface area contributed by atoms with E-state index >= 15 is 0 Å². The lowest BCUT2D eigenvalue weighted by molar-refractivity contribution is -0.0793. The summed E-state index contributed by atoms with van der Waals surface area (Å²) in [5.74, 6) is 0.777. The number of hydrogen-bond donors (Lipinski definition) is 1. The van der Waals surface area contributed by atoms with Crippen LogP contribution in [-0.4, -0.2) is 89.8 Å². The quantitative estimate of drug-likeness (QED) is 0.627. The number of fused-ring (bicyclic) bond motifs is 1. The molecule has 3 aromatic rings. The summed E-state index contributed by atoms with van der Waals surface area (Å²) in [6, 6.07) is 14.9. The molecule has 0 radical (unpaired) electrons. The van der Waals surface area contributed by atoms with E-state index in [1.165, 1.54) is 0 Å². The average Bonchev–Trinajstić information content (AvgIpc) is 2.78. The molecular weight excluding hydrogens is 392 g/mol. The second kappa shape index (κ2) is 9.28. The van der Waals surface area contributed by atoms with Gasteiger partial charge in [-0.25, -0.2) is 0 Å². The summed E-state index contributed by atoms with van der Waals surface area (Å²) in [7, 11) is 0. The number of aliphatic hydroxyl groups is 1. The van der Waals surface area contributed by atoms with Crippen molar-refractivity contribution in [1.82, 2.24) is 20.0 Å². The number of β-amino-alcohol motifs (C(OH)–C–C–N with tert-alkyl or cyclic N) is 1. The van der Waals surface area contributed by atoms with Crippen LogP contribution in [0.4, 0.5) is 0 Å². The van der Waals surface area contributed by atoms with Crippen molar-refractivity contribution in [2.75, 3.05) is 52.5 Å². The van der Waals surface area contributed by atoms with Crippen molar-refractivity contribution >= 4 is 10.8 Å². The molecule has 1 aromatic heterocycles. The van der Waals surface area contributed by atoms with Gasteiger partial charge in [0.15, 0.2) is 0 Å². The van der Waals surface area contributed by atoms with Crippen LogP contribution < -0.4 is 4.74 Å². The summed E-state index contributed by atoms with van der Waals surface area (Å²) in [6.45, 7) is 6.73. The Hall–Kier alpha value is -2.58. The monoisotopic (exact) mass is 420 g/mol. The Balaban J connectivity index is 1.13. The molecule has 2 aliphatic heterocycles. The van der Waals surface area contributed by atoms with E-state index in [1.54, 1.807) is 12.4 Å². The number of hydrogen-bond acceptors (Lipinski definition) is 7. The van der Waals surface area contributed by atoms with Crippen molar-refractivity contribution in [3.05, 3.63) is 54.9 Å². The molecule has 0 aliphatic carbocycles. The number of nitrogens with zero attached hydrogens (tertiary/aromatic N) is 4. The second-order valence-corrected chi connectivity index (χ2v) is 8.35. The molecule has 31 heavy (non-hydrogen) atoms. The van der Waals surface area contributed by atoms with Crippen molar-refractivity contribution in [2.24, 2.45) is 0 Å². The zero-order valence-electron chi connectivity index (χ0n) is 17.6. The minimum absolute atomic E-state index is 0.295. The highest BCUT2D eigenvalue weighted by Gasteiger charge is 2.29. The molecule has 0 spiro atoms. The fraction of sp³-hybridized carbons (Fsp3) is 0.417. The maximum Gasteiger partial charge on any atom is 0.120 e. The smallest absolute Gasteiger partial charge is 0.120 e. The molecular formula is C24H28N4O3. The van der Waals surface area contributed by atoms with Gasteiger partial charge in [-0.3, -0.25) is 9.80 Å². The van der Waals surface area contributed by atoms with E-state index in [2.05, 4.69) is 44.3 Å². The number of rotatable bonds is 7. The highest BCUT2D eigenvalue weighted by molar-refractivity contribution is 5.88. The maximum absolute atomic E-state index is 10.5. The van der Waals surface area contributed by atoms with Crippen LogP contribution in [0.1, 0.15) is 0 Å². The highest BCUT2D eigenvalue weighted by Crippen LogP contribution is 2.26. The molecule has 5 rings (SSSR count). The second-order valence-electron chi connectivity index (χ2n) is 8.35. The summed E-state index contributed by atoms with van der Waals surface area (Å²) in [5.41, 5.74) is 2.15. The SMILES string of the molecule is OC(COc1ccc2cc(-c3ccnnc3)ccc2c1)CN1CCN(C2COC2)CC1. The summed E-state index contributed by atoms with van der Waals surface area (Å²) in [4.78, 5) is 4.81. The van der Waals surface area contributed by atoms with Crippen LogP contribution >= 0.6 is 0 Å². The first-order chi connectivity index (χ1) is 15.2. The number of piperazine rings is 1. The van der Waals surface area contributed by atoms with E-state index < -0.39 is 6.10 Å². The molecule has 1 atom stereocenters. The van der Waals surface area contributed by atoms with Gasteiger partial charge in [-0.05, 0) is 40.6 Å². The number of ether oxygens (including phenoxy) is 2. The Labute approximate surface area is 182 Å². The molecule has 3 heterocycles. The lowest BCUT2D eigenvalue weighted by atomic mass is 10.0. The molecule has 2 saturated heterocycles. The fourth-order valence-electron chi connectivity index (χ4n) is 4.24. The third kappa shape index (κ3) is 4.85. The van der Waals surface area contributed by atoms with Crippen LogP contribution in [0.3, 0.4) is 0 Å². The van der Waals surface area contributed by atoms with Gasteiger partial charge in [0.1, 0.15) is 18.5 Å². The standard InChI is InChI=1S/C24H28N4O3/c29-23(14-27-7-9-28(10-8-27)22-15-30-16-22)17-31-24-4-3-18-11-19(1-2-20(18)12-24)21-5-6-25-26-13-21/h1-6,11-13,22-23,29H,7-10,14-17H2. The van der Waals surface area contributed by atoms with Crippen LogP contribution in [0.25, 0.3) is 21.9 Å².